The third kappa shape index (κ3) is 3.86. The van der Waals surface area contributed by atoms with Crippen LogP contribution in [0.25, 0.3) is 0 Å². The predicted octanol–water partition coefficient (Wildman–Crippen LogP) is 2.85. The van der Waals surface area contributed by atoms with E-state index in [-0.39, 0.29) is 5.91 Å². The van der Waals surface area contributed by atoms with Crippen molar-refractivity contribution in [3.8, 4) is 11.5 Å². The van der Waals surface area contributed by atoms with Gasteiger partial charge in [0.15, 0.2) is 17.6 Å². The zero-order valence-electron chi connectivity index (χ0n) is 13.7. The topological polar surface area (TPSA) is 56.8 Å². The van der Waals surface area contributed by atoms with E-state index in [2.05, 4.69) is 5.32 Å². The maximum atomic E-state index is 12.4. The zero-order chi connectivity index (χ0) is 16.8. The Labute approximate surface area is 141 Å². The van der Waals surface area contributed by atoms with Crippen LogP contribution in [0.4, 0.5) is 0 Å². The number of hydrogen-bond acceptors (Lipinski definition) is 4. The molecule has 2 aromatic rings. The first kappa shape index (κ1) is 16.3. The summed E-state index contributed by atoms with van der Waals surface area (Å²) < 4.78 is 16.6. The van der Waals surface area contributed by atoms with Gasteiger partial charge in [0.2, 0.25) is 0 Å². The summed E-state index contributed by atoms with van der Waals surface area (Å²) in [5, 5.41) is 2.91. The summed E-state index contributed by atoms with van der Waals surface area (Å²) in [4.78, 5) is 12.4. The highest BCUT2D eigenvalue weighted by molar-refractivity contribution is 5.82. The van der Waals surface area contributed by atoms with E-state index >= 15 is 0 Å². The third-order valence-electron chi connectivity index (χ3n) is 3.85. The van der Waals surface area contributed by atoms with Crippen molar-refractivity contribution in [2.24, 2.45) is 0 Å². The van der Waals surface area contributed by atoms with Gasteiger partial charge in [0.1, 0.15) is 0 Å². The molecular weight excluding hydrogens is 306 g/mol. The Bertz CT molecular complexity index is 687. The number of methoxy groups -OCH3 is 1. The van der Waals surface area contributed by atoms with Gasteiger partial charge in [0, 0.05) is 20.1 Å². The molecule has 1 atom stereocenters. The lowest BCUT2D eigenvalue weighted by atomic mass is 10.1. The highest BCUT2D eigenvalue weighted by Gasteiger charge is 2.19. The van der Waals surface area contributed by atoms with Gasteiger partial charge in [-0.25, -0.2) is 0 Å². The maximum absolute atomic E-state index is 12.4. The minimum atomic E-state index is -0.619. The zero-order valence-corrected chi connectivity index (χ0v) is 13.7. The number of benzene rings is 2. The molecule has 1 N–H and O–H groups in total. The lowest BCUT2D eigenvalue weighted by Crippen LogP contribution is -2.29. The summed E-state index contributed by atoms with van der Waals surface area (Å²) in [5.41, 5.74) is 1.78. The monoisotopic (exact) mass is 327 g/mol. The molecule has 0 bridgehead atoms. The molecule has 5 nitrogen and oxygen atoms in total. The van der Waals surface area contributed by atoms with E-state index in [1.165, 1.54) is 7.11 Å². The van der Waals surface area contributed by atoms with Crippen LogP contribution in [0.2, 0.25) is 0 Å². The van der Waals surface area contributed by atoms with Crippen LogP contribution in [0, 0.1) is 0 Å². The van der Waals surface area contributed by atoms with Crippen molar-refractivity contribution >= 4 is 5.91 Å². The minimum absolute atomic E-state index is 0.171. The number of hydrogen-bond donors (Lipinski definition) is 1. The van der Waals surface area contributed by atoms with Crippen LogP contribution < -0.4 is 14.8 Å². The van der Waals surface area contributed by atoms with E-state index in [4.69, 9.17) is 14.2 Å². The van der Waals surface area contributed by atoms with Crippen molar-refractivity contribution in [1.82, 2.24) is 5.32 Å². The number of amides is 1. The molecule has 1 unspecified atom stereocenters. The van der Waals surface area contributed by atoms with E-state index < -0.39 is 6.10 Å². The molecule has 0 spiro atoms. The van der Waals surface area contributed by atoms with Crippen LogP contribution in [0.1, 0.15) is 23.7 Å². The summed E-state index contributed by atoms with van der Waals surface area (Å²) in [6.45, 7) is 1.71. The molecule has 24 heavy (non-hydrogen) atoms. The van der Waals surface area contributed by atoms with Crippen molar-refractivity contribution in [3.63, 3.8) is 0 Å². The summed E-state index contributed by atoms with van der Waals surface area (Å²) in [6, 6.07) is 15.2. The molecule has 0 aromatic heterocycles. The second kappa shape index (κ2) is 7.84. The number of nitrogens with one attached hydrogen (secondary N) is 1. The molecule has 1 aliphatic heterocycles. The van der Waals surface area contributed by atoms with Crippen molar-refractivity contribution in [2.45, 2.75) is 19.1 Å². The Hall–Kier alpha value is -2.53. The maximum Gasteiger partial charge on any atom is 0.254 e. The second-order valence-electron chi connectivity index (χ2n) is 5.58. The lowest BCUT2D eigenvalue weighted by Gasteiger charge is -2.16. The highest BCUT2D eigenvalue weighted by Crippen LogP contribution is 2.30. The van der Waals surface area contributed by atoms with E-state index in [1.54, 1.807) is 0 Å². The molecule has 0 aliphatic carbocycles. The van der Waals surface area contributed by atoms with Crippen LogP contribution in [-0.4, -0.2) is 26.2 Å². The second-order valence-corrected chi connectivity index (χ2v) is 5.58. The first-order valence-electron chi connectivity index (χ1n) is 8.02. The fourth-order valence-corrected chi connectivity index (χ4v) is 2.62. The van der Waals surface area contributed by atoms with E-state index in [9.17, 15) is 4.79 Å². The van der Waals surface area contributed by atoms with Crippen LogP contribution >= 0.6 is 0 Å². The van der Waals surface area contributed by atoms with Gasteiger partial charge in [0.05, 0.1) is 13.2 Å². The van der Waals surface area contributed by atoms with Crippen molar-refractivity contribution in [2.75, 3.05) is 20.3 Å². The molecule has 5 heteroatoms. The normalized spacial score (nSPS) is 14.5. The van der Waals surface area contributed by atoms with Gasteiger partial charge in [-0.1, -0.05) is 36.4 Å². The predicted molar refractivity (Wildman–Crippen MR) is 90.1 cm³/mol. The molecule has 1 amide bonds. The molecular formula is C19H21NO4. The van der Waals surface area contributed by atoms with Gasteiger partial charge >= 0.3 is 0 Å². The molecule has 2 aromatic carbocycles. The summed E-state index contributed by atoms with van der Waals surface area (Å²) >= 11 is 0. The number of carbonyl (C=O) groups is 1. The fraction of sp³-hybridized carbons (Fsp3) is 0.316. The number of ether oxygens (including phenoxy) is 3. The first-order chi connectivity index (χ1) is 11.8. The SMILES string of the molecule is COC(C(=O)NCc1ccc2c(c1)OCCCO2)c1ccccc1. The molecule has 0 radical (unpaired) electrons. The first-order valence-corrected chi connectivity index (χ1v) is 8.02. The van der Waals surface area contributed by atoms with Gasteiger partial charge in [-0.3, -0.25) is 4.79 Å². The Morgan fingerprint density at radius 3 is 2.62 bits per heavy atom. The average molecular weight is 327 g/mol. The van der Waals surface area contributed by atoms with Crippen LogP contribution in [0.15, 0.2) is 48.5 Å². The number of fused-ring (bicyclic) bond motifs is 1. The van der Waals surface area contributed by atoms with Crippen LogP contribution in [0.5, 0.6) is 11.5 Å². The Kier molecular flexibility index (Phi) is 5.33. The van der Waals surface area contributed by atoms with Gasteiger partial charge in [-0.15, -0.1) is 0 Å². The summed E-state index contributed by atoms with van der Waals surface area (Å²) in [5.74, 6) is 1.31. The minimum Gasteiger partial charge on any atom is -0.490 e. The quantitative estimate of drug-likeness (QED) is 0.917. The molecule has 1 aliphatic rings. The fourth-order valence-electron chi connectivity index (χ4n) is 2.62. The molecule has 0 saturated heterocycles. The van der Waals surface area contributed by atoms with Gasteiger partial charge in [-0.05, 0) is 23.3 Å². The van der Waals surface area contributed by atoms with Gasteiger partial charge < -0.3 is 19.5 Å². The van der Waals surface area contributed by atoms with Crippen molar-refractivity contribution in [3.05, 3.63) is 59.7 Å². The molecule has 1 heterocycles. The lowest BCUT2D eigenvalue weighted by molar-refractivity contribution is -0.131. The standard InChI is InChI=1S/C19H21NO4/c1-22-18(15-6-3-2-4-7-15)19(21)20-13-14-8-9-16-17(12-14)24-11-5-10-23-16/h2-4,6-9,12,18H,5,10-11,13H2,1H3,(H,20,21). The Morgan fingerprint density at radius 1 is 1.12 bits per heavy atom. The molecule has 126 valence electrons. The highest BCUT2D eigenvalue weighted by atomic mass is 16.5. The number of carbonyl (C=O) groups excluding carboxylic acids is 1. The van der Waals surface area contributed by atoms with Crippen LogP contribution in [0.3, 0.4) is 0 Å². The van der Waals surface area contributed by atoms with Crippen LogP contribution in [-0.2, 0) is 16.1 Å². The largest absolute Gasteiger partial charge is 0.490 e. The summed E-state index contributed by atoms with van der Waals surface area (Å²) in [7, 11) is 1.53. The van der Waals surface area contributed by atoms with E-state index in [0.717, 1.165) is 29.0 Å². The van der Waals surface area contributed by atoms with Gasteiger partial charge in [-0.2, -0.15) is 0 Å². The summed E-state index contributed by atoms with van der Waals surface area (Å²) in [6.07, 6.45) is 0.250. The Balaban J connectivity index is 1.64. The number of rotatable bonds is 5. The smallest absolute Gasteiger partial charge is 0.254 e. The molecule has 3 rings (SSSR count). The van der Waals surface area contributed by atoms with Crippen molar-refractivity contribution < 1.29 is 19.0 Å². The van der Waals surface area contributed by atoms with E-state index in [0.29, 0.717) is 19.8 Å². The Morgan fingerprint density at radius 2 is 1.88 bits per heavy atom. The molecule has 0 saturated carbocycles. The average Bonchev–Trinajstić information content (AvgIpc) is 2.86. The van der Waals surface area contributed by atoms with Crippen molar-refractivity contribution in [1.29, 1.82) is 0 Å². The molecule has 0 fully saturated rings. The third-order valence-corrected chi connectivity index (χ3v) is 3.85. The van der Waals surface area contributed by atoms with Gasteiger partial charge in [0.25, 0.3) is 5.91 Å². The van der Waals surface area contributed by atoms with E-state index in [1.807, 2.05) is 48.5 Å².